The molecule has 0 radical (unpaired) electrons. The third-order valence-electron chi connectivity index (χ3n) is 5.52. The molecule has 0 saturated heterocycles. The Balaban J connectivity index is 1.51. The maximum Gasteiger partial charge on any atom is 0.342 e. The first-order valence-corrected chi connectivity index (χ1v) is 12.4. The standard InChI is InChI=1S/C24H26N5O3P/c30-33(31,32)23(16-13-18-7-3-1-4-8-18)25-22(24-26-28-29-27-24)17-19-11-14-21(15-12-19)20-9-5-2-6-10-20/h1-12,14-15,22-23,25H,13,16-17H2,(H2,30,31,32)(H,26,27,28,29)/t22-,23?/m0/s1. The molecule has 170 valence electrons. The van der Waals surface area contributed by atoms with Gasteiger partial charge in [0.25, 0.3) is 0 Å². The first-order chi connectivity index (χ1) is 16.0. The van der Waals surface area contributed by atoms with Gasteiger partial charge in [-0.1, -0.05) is 90.1 Å². The van der Waals surface area contributed by atoms with Gasteiger partial charge in [-0.15, -0.1) is 10.2 Å². The monoisotopic (exact) mass is 463 g/mol. The fraction of sp³-hybridized carbons (Fsp3) is 0.208. The molecule has 1 unspecified atom stereocenters. The van der Waals surface area contributed by atoms with Crippen LogP contribution in [0.15, 0.2) is 84.9 Å². The molecule has 8 nitrogen and oxygen atoms in total. The summed E-state index contributed by atoms with van der Waals surface area (Å²) in [6.45, 7) is 0. The van der Waals surface area contributed by atoms with E-state index in [0.717, 1.165) is 22.3 Å². The van der Waals surface area contributed by atoms with Gasteiger partial charge in [0.2, 0.25) is 0 Å². The highest BCUT2D eigenvalue weighted by Crippen LogP contribution is 2.43. The van der Waals surface area contributed by atoms with Gasteiger partial charge in [0, 0.05) is 0 Å². The van der Waals surface area contributed by atoms with Crippen LogP contribution in [0.4, 0.5) is 0 Å². The molecule has 4 rings (SSSR count). The van der Waals surface area contributed by atoms with E-state index in [2.05, 4.69) is 38.1 Å². The van der Waals surface area contributed by atoms with Crippen LogP contribution >= 0.6 is 7.60 Å². The van der Waals surface area contributed by atoms with Gasteiger partial charge in [0.1, 0.15) is 5.78 Å². The Kier molecular flexibility index (Phi) is 7.42. The average molecular weight is 463 g/mol. The Bertz CT molecular complexity index is 1170. The lowest BCUT2D eigenvalue weighted by Gasteiger charge is -2.25. The van der Waals surface area contributed by atoms with Crippen molar-refractivity contribution >= 4 is 7.60 Å². The van der Waals surface area contributed by atoms with Crippen molar-refractivity contribution in [2.24, 2.45) is 0 Å². The number of rotatable bonds is 10. The number of hydrogen-bond acceptors (Lipinski definition) is 5. The number of benzene rings is 3. The molecule has 2 atom stereocenters. The second-order valence-corrected chi connectivity index (χ2v) is 9.69. The number of nitrogens with one attached hydrogen (secondary N) is 2. The minimum absolute atomic E-state index is 0.273. The van der Waals surface area contributed by atoms with Crippen molar-refractivity contribution in [2.75, 3.05) is 0 Å². The van der Waals surface area contributed by atoms with Crippen molar-refractivity contribution in [1.29, 1.82) is 0 Å². The third kappa shape index (κ3) is 6.43. The van der Waals surface area contributed by atoms with Gasteiger partial charge in [0.05, 0.1) is 6.04 Å². The predicted octanol–water partition coefficient (Wildman–Crippen LogP) is 3.88. The zero-order chi connectivity index (χ0) is 23.1. The van der Waals surface area contributed by atoms with Crippen LogP contribution in [-0.4, -0.2) is 36.2 Å². The molecule has 0 saturated carbocycles. The minimum Gasteiger partial charge on any atom is -0.323 e. The van der Waals surface area contributed by atoms with Crippen LogP contribution in [0.3, 0.4) is 0 Å². The molecule has 0 bridgehead atoms. The smallest absolute Gasteiger partial charge is 0.323 e. The van der Waals surface area contributed by atoms with Gasteiger partial charge in [0.15, 0.2) is 5.82 Å². The first kappa shape index (κ1) is 23.0. The van der Waals surface area contributed by atoms with E-state index in [0.29, 0.717) is 18.7 Å². The van der Waals surface area contributed by atoms with Gasteiger partial charge >= 0.3 is 7.60 Å². The number of hydrogen-bond donors (Lipinski definition) is 4. The Hall–Kier alpha value is -3.16. The highest BCUT2D eigenvalue weighted by atomic mass is 31.2. The zero-order valence-corrected chi connectivity index (χ0v) is 18.8. The van der Waals surface area contributed by atoms with Crippen LogP contribution in [0.5, 0.6) is 0 Å². The molecule has 3 aromatic carbocycles. The summed E-state index contributed by atoms with van der Waals surface area (Å²) in [4.78, 5) is 20.0. The number of tetrazole rings is 1. The van der Waals surface area contributed by atoms with E-state index >= 15 is 0 Å². The van der Waals surface area contributed by atoms with Crippen molar-refractivity contribution in [3.63, 3.8) is 0 Å². The summed E-state index contributed by atoms with van der Waals surface area (Å²) < 4.78 is 12.3. The van der Waals surface area contributed by atoms with Crippen LogP contribution < -0.4 is 5.32 Å². The van der Waals surface area contributed by atoms with Gasteiger partial charge in [-0.05, 0) is 41.5 Å². The fourth-order valence-corrected chi connectivity index (χ4v) is 4.61. The topological polar surface area (TPSA) is 124 Å². The Morgan fingerprint density at radius 2 is 1.48 bits per heavy atom. The van der Waals surface area contributed by atoms with E-state index < -0.39 is 19.4 Å². The summed E-state index contributed by atoms with van der Waals surface area (Å²) in [6, 6.07) is 27.3. The van der Waals surface area contributed by atoms with Gasteiger partial charge in [-0.25, -0.2) is 0 Å². The molecule has 1 aromatic heterocycles. The van der Waals surface area contributed by atoms with Crippen molar-refractivity contribution in [1.82, 2.24) is 25.9 Å². The van der Waals surface area contributed by atoms with E-state index in [9.17, 15) is 14.4 Å². The Morgan fingerprint density at radius 3 is 2.09 bits per heavy atom. The van der Waals surface area contributed by atoms with E-state index in [-0.39, 0.29) is 6.42 Å². The van der Waals surface area contributed by atoms with Crippen LogP contribution in [0.2, 0.25) is 0 Å². The van der Waals surface area contributed by atoms with E-state index in [1.165, 1.54) is 0 Å². The van der Waals surface area contributed by atoms with Crippen molar-refractivity contribution in [3.05, 3.63) is 102 Å². The van der Waals surface area contributed by atoms with Gasteiger partial charge in [-0.2, -0.15) is 5.21 Å². The van der Waals surface area contributed by atoms with Crippen molar-refractivity contribution in [2.45, 2.75) is 31.1 Å². The number of aromatic nitrogens is 4. The normalized spacial score (nSPS) is 13.5. The molecule has 33 heavy (non-hydrogen) atoms. The third-order valence-corrected chi connectivity index (χ3v) is 6.74. The number of H-pyrrole nitrogens is 1. The molecule has 0 aliphatic carbocycles. The summed E-state index contributed by atoms with van der Waals surface area (Å²) in [5.74, 6) is -0.676. The molecule has 0 spiro atoms. The van der Waals surface area contributed by atoms with E-state index in [1.54, 1.807) is 0 Å². The molecular weight excluding hydrogens is 437 g/mol. The molecule has 0 fully saturated rings. The highest BCUT2D eigenvalue weighted by Gasteiger charge is 2.32. The lowest BCUT2D eigenvalue weighted by molar-refractivity contribution is 0.328. The largest absolute Gasteiger partial charge is 0.342 e. The molecule has 9 heteroatoms. The minimum atomic E-state index is -4.42. The SMILES string of the molecule is O=P(O)(O)C(CCc1ccccc1)N[C@@H](Cc1ccc(-c2ccccc2)cc1)c1nn[nH]n1. The second kappa shape index (κ2) is 10.6. The van der Waals surface area contributed by atoms with E-state index in [1.807, 2.05) is 72.8 Å². The van der Waals surface area contributed by atoms with Crippen LogP contribution in [0.25, 0.3) is 11.1 Å². The van der Waals surface area contributed by atoms with Gasteiger partial charge in [-0.3, -0.25) is 9.88 Å². The average Bonchev–Trinajstić information content (AvgIpc) is 3.37. The van der Waals surface area contributed by atoms with Crippen LogP contribution in [0.1, 0.15) is 29.4 Å². The Morgan fingerprint density at radius 1 is 0.848 bits per heavy atom. The van der Waals surface area contributed by atoms with Crippen LogP contribution in [0, 0.1) is 0 Å². The number of aromatic amines is 1. The quantitative estimate of drug-likeness (QED) is 0.263. The summed E-state index contributed by atoms with van der Waals surface area (Å²) >= 11 is 0. The molecule has 1 heterocycles. The summed E-state index contributed by atoms with van der Waals surface area (Å²) in [7, 11) is -4.42. The van der Waals surface area contributed by atoms with Crippen molar-refractivity contribution < 1.29 is 14.4 Å². The lowest BCUT2D eigenvalue weighted by atomic mass is 10.00. The highest BCUT2D eigenvalue weighted by molar-refractivity contribution is 7.52. The molecular formula is C24H26N5O3P. The molecule has 0 amide bonds. The first-order valence-electron chi connectivity index (χ1n) is 10.7. The summed E-state index contributed by atoms with van der Waals surface area (Å²) in [6.07, 6.45) is 1.26. The van der Waals surface area contributed by atoms with Crippen LogP contribution in [-0.2, 0) is 17.4 Å². The molecule has 0 aliphatic heterocycles. The van der Waals surface area contributed by atoms with Gasteiger partial charge < -0.3 is 9.79 Å². The molecule has 0 aliphatic rings. The zero-order valence-electron chi connectivity index (χ0n) is 18.0. The summed E-state index contributed by atoms with van der Waals surface area (Å²) in [5, 5.41) is 17.3. The fourth-order valence-electron chi connectivity index (χ4n) is 3.77. The summed E-state index contributed by atoms with van der Waals surface area (Å²) in [5.41, 5.74) is 4.23. The van der Waals surface area contributed by atoms with Crippen molar-refractivity contribution in [3.8, 4) is 11.1 Å². The maximum atomic E-state index is 12.3. The maximum absolute atomic E-state index is 12.3. The second-order valence-electron chi connectivity index (χ2n) is 7.89. The predicted molar refractivity (Wildman–Crippen MR) is 126 cm³/mol. The van der Waals surface area contributed by atoms with E-state index in [4.69, 9.17) is 0 Å². The lowest BCUT2D eigenvalue weighted by Crippen LogP contribution is -2.35. The number of aryl methyl sites for hydroxylation is 1. The molecule has 4 N–H and O–H groups in total. The molecule has 4 aromatic rings. The number of nitrogens with zero attached hydrogens (tertiary/aromatic N) is 3. The Labute approximate surface area is 192 Å².